The van der Waals surface area contributed by atoms with Crippen LogP contribution in [0.1, 0.15) is 127 Å². The van der Waals surface area contributed by atoms with Crippen LogP contribution in [-0.4, -0.2) is 125 Å². The molecule has 6 aromatic rings. The fourth-order valence-corrected chi connectivity index (χ4v) is 9.87. The highest BCUT2D eigenvalue weighted by molar-refractivity contribution is 7.21. The fraction of sp³-hybridized carbons (Fsp3) is 0.434. The summed E-state index contributed by atoms with van der Waals surface area (Å²) in [4.78, 5) is 96.2. The number of nitrogens with one attached hydrogen (secondary N) is 4. The molecule has 0 spiro atoms. The van der Waals surface area contributed by atoms with E-state index in [1.54, 1.807) is 14.1 Å². The van der Waals surface area contributed by atoms with Crippen molar-refractivity contribution in [1.29, 1.82) is 0 Å². The molecule has 3 aromatic heterocycles. The van der Waals surface area contributed by atoms with E-state index in [-0.39, 0.29) is 35.1 Å². The molecule has 6 rings (SSSR count). The first-order chi connectivity index (χ1) is 37.4. The van der Waals surface area contributed by atoms with Crippen molar-refractivity contribution in [3.63, 3.8) is 0 Å². The smallest absolute Gasteiger partial charge is 0.303 e. The Balaban J connectivity index is 0.000000293. The number of Topliss-reactive ketones (excluding diaryl/α,β-unsaturated/α-hetero) is 3. The third kappa shape index (κ3) is 23.4. The Labute approximate surface area is 466 Å². The van der Waals surface area contributed by atoms with E-state index in [9.17, 15) is 28.8 Å². The van der Waals surface area contributed by atoms with Crippen molar-refractivity contribution < 1.29 is 33.9 Å². The first kappa shape index (κ1) is 64.8. The number of guanidine groups is 3. The average Bonchev–Trinajstić information content (AvgIpc) is 4.20. The van der Waals surface area contributed by atoms with Gasteiger partial charge in [-0.1, -0.05) is 57.2 Å². The predicted octanol–water partition coefficient (Wildman–Crippen LogP) is 5.89. The molecule has 78 heavy (non-hydrogen) atoms. The van der Waals surface area contributed by atoms with Gasteiger partial charge in [0.05, 0.1) is 48.8 Å². The maximum absolute atomic E-state index is 12.9. The summed E-state index contributed by atoms with van der Waals surface area (Å²) < 4.78 is 2.91. The lowest BCUT2D eigenvalue weighted by atomic mass is 10.1. The van der Waals surface area contributed by atoms with E-state index in [4.69, 9.17) is 33.8 Å². The van der Waals surface area contributed by atoms with E-state index < -0.39 is 24.1 Å². The van der Waals surface area contributed by atoms with Gasteiger partial charge < -0.3 is 55.0 Å². The van der Waals surface area contributed by atoms with Crippen molar-refractivity contribution in [2.75, 3.05) is 33.7 Å². The lowest BCUT2D eigenvalue weighted by Crippen LogP contribution is -2.41. The lowest BCUT2D eigenvalue weighted by Gasteiger charge is -2.16. The van der Waals surface area contributed by atoms with E-state index in [0.29, 0.717) is 97.9 Å². The number of carbonyl (C=O) groups is 6. The molecule has 3 aromatic carbocycles. The van der Waals surface area contributed by atoms with E-state index in [0.717, 1.165) is 56.3 Å². The zero-order valence-electron chi connectivity index (χ0n) is 45.0. The van der Waals surface area contributed by atoms with Gasteiger partial charge in [-0.05, 0) is 94.2 Å². The molecule has 0 aliphatic heterocycles. The van der Waals surface area contributed by atoms with Gasteiger partial charge >= 0.3 is 5.97 Å². The Bertz CT molecular complexity index is 2850. The van der Waals surface area contributed by atoms with Gasteiger partial charge in [0.2, 0.25) is 29.2 Å². The number of aliphatic imine (C=N–C) groups is 3. The number of carbonyl (C=O) groups excluding carboxylic acids is 5. The van der Waals surface area contributed by atoms with E-state index >= 15 is 0 Å². The Hall–Kier alpha value is -7.48. The zero-order valence-corrected chi connectivity index (χ0v) is 47.4. The van der Waals surface area contributed by atoms with Crippen LogP contribution in [0.25, 0.3) is 30.6 Å². The second-order valence-corrected chi connectivity index (χ2v) is 20.4. The van der Waals surface area contributed by atoms with Gasteiger partial charge in [0.15, 0.2) is 32.9 Å². The van der Waals surface area contributed by atoms with Crippen LogP contribution in [0, 0.1) is 0 Å². The number of rotatable bonds is 26. The van der Waals surface area contributed by atoms with Gasteiger partial charge in [-0.3, -0.25) is 43.7 Å². The summed E-state index contributed by atoms with van der Waals surface area (Å²) in [5.74, 6) is -0.619. The summed E-state index contributed by atoms with van der Waals surface area (Å²) in [7, 11) is 3.22. The van der Waals surface area contributed by atoms with Gasteiger partial charge in [0, 0.05) is 53.0 Å². The van der Waals surface area contributed by atoms with E-state index in [2.05, 4.69) is 51.2 Å². The molecule has 0 unspecified atom stereocenters. The molecule has 22 nitrogen and oxygen atoms in total. The second-order valence-electron chi connectivity index (χ2n) is 17.3. The van der Waals surface area contributed by atoms with Crippen molar-refractivity contribution in [1.82, 2.24) is 36.2 Å². The van der Waals surface area contributed by atoms with Gasteiger partial charge in [-0.25, -0.2) is 15.0 Å². The van der Waals surface area contributed by atoms with Crippen LogP contribution in [0.2, 0.25) is 0 Å². The topological polar surface area (TPSA) is 377 Å². The monoisotopic (exact) mass is 1130 g/mol. The lowest BCUT2D eigenvalue weighted by molar-refractivity contribution is -0.137. The SMILES string of the molecule is CCCC(=O)N[C@@H](CCCN=C(N)N)C(=O)c1nc2ccccc2s1.CCCC(=O)N[C@@H](CCCNC(N)=NC)C(=O)c1nc2ccccc2s1.CCCC(=O)O.CN=C(N)NCCC[C@H](N)C(=O)c1nc2ccccc2s1. The Morgan fingerprint density at radius 1 is 0.551 bits per heavy atom. The molecule has 3 heterocycles. The molecule has 0 saturated carbocycles. The normalized spacial score (nSPS) is 12.3. The molecule has 0 radical (unpaired) electrons. The van der Waals surface area contributed by atoms with Crippen molar-refractivity contribution in [3.05, 3.63) is 87.8 Å². The molecule has 3 atom stereocenters. The van der Waals surface area contributed by atoms with Crippen LogP contribution in [0.15, 0.2) is 87.8 Å². The van der Waals surface area contributed by atoms with Crippen LogP contribution < -0.4 is 49.9 Å². The van der Waals surface area contributed by atoms with Crippen LogP contribution in [0.3, 0.4) is 0 Å². The Morgan fingerprint density at radius 2 is 0.923 bits per heavy atom. The third-order valence-electron chi connectivity index (χ3n) is 11.0. The molecular formula is C53H75N15O7S3. The molecule has 0 aliphatic rings. The van der Waals surface area contributed by atoms with Crippen molar-refractivity contribution in [2.24, 2.45) is 43.6 Å². The molecule has 0 saturated heterocycles. The van der Waals surface area contributed by atoms with Crippen molar-refractivity contribution in [2.45, 2.75) is 116 Å². The summed E-state index contributed by atoms with van der Waals surface area (Å²) in [6, 6.07) is 21.1. The number of nitrogens with two attached hydrogens (primary N) is 5. The number of hydrogen-bond acceptors (Lipinski definition) is 16. The summed E-state index contributed by atoms with van der Waals surface area (Å²) in [5.41, 5.74) is 30.1. The minimum absolute atomic E-state index is 0.0177. The molecule has 0 bridgehead atoms. The molecule has 0 aliphatic carbocycles. The van der Waals surface area contributed by atoms with Gasteiger partial charge in [0.25, 0.3) is 0 Å². The van der Waals surface area contributed by atoms with Crippen molar-refractivity contribution >= 4 is 118 Å². The predicted molar refractivity (Wildman–Crippen MR) is 316 cm³/mol. The number of amides is 2. The summed E-state index contributed by atoms with van der Waals surface area (Å²) in [6.45, 7) is 7.33. The number of thiazole rings is 3. The van der Waals surface area contributed by atoms with Crippen LogP contribution in [-0.2, 0) is 14.4 Å². The summed E-state index contributed by atoms with van der Waals surface area (Å²) >= 11 is 4.08. The van der Waals surface area contributed by atoms with Gasteiger partial charge in [0.1, 0.15) is 0 Å². The Morgan fingerprint density at radius 3 is 1.27 bits per heavy atom. The number of aliphatic carboxylic acids is 1. The quantitative estimate of drug-likeness (QED) is 0.0131. The molecule has 422 valence electrons. The average molecular weight is 1130 g/mol. The number of fused-ring (bicyclic) bond motifs is 3. The highest BCUT2D eigenvalue weighted by Gasteiger charge is 2.26. The van der Waals surface area contributed by atoms with Crippen LogP contribution >= 0.6 is 34.0 Å². The first-order valence-corrected chi connectivity index (χ1v) is 28.1. The minimum Gasteiger partial charge on any atom is -0.481 e. The molecular weight excluding hydrogens is 1050 g/mol. The number of aromatic nitrogens is 3. The number of para-hydroxylation sites is 3. The summed E-state index contributed by atoms with van der Waals surface area (Å²) in [6.07, 6.45) is 6.82. The van der Waals surface area contributed by atoms with E-state index in [1.165, 1.54) is 34.0 Å². The first-order valence-electron chi connectivity index (χ1n) is 25.7. The largest absolute Gasteiger partial charge is 0.481 e. The standard InChI is InChI=1S/C18H25N5O2S.C17H23N5O2S.C14H19N5OS.C4H8O2/c1-3-7-15(24)22-13(9-6-11-21-18(19)20-2)16(25)17-23-12-8-4-5-10-14(12)26-17;1-2-6-14(23)21-12(8-5-10-20-17(18)19)15(24)16-22-11-7-3-4-9-13(11)25-16;1-17-14(16)18-8-4-5-9(15)12(20)13-19-10-6-2-3-7-11(10)21-13;1-2-3-4(5)6/h4-5,8,10,13H,3,6-7,9,11H2,1-2H3,(H,22,24)(H3,19,20,21);3-4,7,9,12H,2,5-6,8,10H2,1H3,(H,21,23)(H4,18,19,20);2-3,6-7,9H,4-5,8,15H2,1H3,(H3,16,17,18);2-3H2,1H3,(H,5,6)/t13-;12-;9-;/m000./s1. The second kappa shape index (κ2) is 35.8. The van der Waals surface area contributed by atoms with E-state index in [1.807, 2.05) is 93.6 Å². The number of carboxylic acid groups (broad SMARTS) is 1. The third-order valence-corrected chi connectivity index (χ3v) is 14.1. The number of ketones is 3. The zero-order chi connectivity index (χ0) is 57.4. The summed E-state index contributed by atoms with van der Waals surface area (Å²) in [5, 5.41) is 20.8. The van der Waals surface area contributed by atoms with Crippen LogP contribution in [0.5, 0.6) is 0 Å². The number of carboxylic acids is 1. The fourth-order valence-electron chi connectivity index (χ4n) is 6.98. The molecule has 25 heteroatoms. The van der Waals surface area contributed by atoms with Crippen molar-refractivity contribution in [3.8, 4) is 0 Å². The van der Waals surface area contributed by atoms with Crippen LogP contribution in [0.4, 0.5) is 0 Å². The minimum atomic E-state index is -0.711. The maximum atomic E-state index is 12.9. The molecule has 15 N–H and O–H groups in total. The number of hydrogen-bond donors (Lipinski definition) is 10. The maximum Gasteiger partial charge on any atom is 0.303 e. The van der Waals surface area contributed by atoms with Gasteiger partial charge in [-0.15, -0.1) is 34.0 Å². The molecule has 2 amide bonds. The molecule has 0 fully saturated rings. The number of benzene rings is 3. The highest BCUT2D eigenvalue weighted by Crippen LogP contribution is 2.26. The van der Waals surface area contributed by atoms with Gasteiger partial charge in [-0.2, -0.15) is 0 Å². The number of nitrogens with zero attached hydrogens (tertiary/aromatic N) is 6. The highest BCUT2D eigenvalue weighted by atomic mass is 32.1. The Kier molecular flexibility index (Phi) is 29.7.